The van der Waals surface area contributed by atoms with Crippen molar-refractivity contribution in [3.05, 3.63) is 46.5 Å². The highest BCUT2D eigenvalue weighted by atomic mass is 32.1. The minimum absolute atomic E-state index is 0.422. The molecular weight excluding hydrogens is 364 g/mol. The molecule has 2 N–H and O–H groups in total. The van der Waals surface area contributed by atoms with Crippen molar-refractivity contribution in [2.24, 2.45) is 0 Å². The van der Waals surface area contributed by atoms with Gasteiger partial charge in [0.15, 0.2) is 0 Å². The first kappa shape index (κ1) is 17.8. The van der Waals surface area contributed by atoms with Crippen LogP contribution in [0.4, 0.5) is 0 Å². The Kier molecular flexibility index (Phi) is 4.44. The lowest BCUT2D eigenvalue weighted by atomic mass is 9.88. The molecule has 0 spiro atoms. The van der Waals surface area contributed by atoms with Gasteiger partial charge in [0.25, 0.3) is 0 Å². The molecule has 0 radical (unpaired) electrons. The van der Waals surface area contributed by atoms with Crippen LogP contribution >= 0.6 is 11.3 Å². The van der Waals surface area contributed by atoms with Crippen LogP contribution < -0.4 is 5.32 Å². The first-order valence-electron chi connectivity index (χ1n) is 10.2. The van der Waals surface area contributed by atoms with E-state index in [1.807, 2.05) is 5.51 Å². The monoisotopic (exact) mass is 390 g/mol. The fourth-order valence-corrected chi connectivity index (χ4v) is 5.31. The molecule has 1 saturated heterocycles. The van der Waals surface area contributed by atoms with Gasteiger partial charge in [-0.15, -0.1) is 11.3 Å². The maximum Gasteiger partial charge on any atom is 0.144 e. The number of aromatic nitrogens is 3. The van der Waals surface area contributed by atoms with Crippen molar-refractivity contribution < 1.29 is 0 Å². The molecule has 4 aromatic rings. The molecule has 0 saturated carbocycles. The number of rotatable bonds is 3. The van der Waals surface area contributed by atoms with Crippen LogP contribution in [0.5, 0.6) is 0 Å². The lowest BCUT2D eigenvalue weighted by Gasteiger charge is -2.23. The van der Waals surface area contributed by atoms with Gasteiger partial charge in [0.2, 0.25) is 0 Å². The van der Waals surface area contributed by atoms with Gasteiger partial charge in [0, 0.05) is 10.9 Å². The molecule has 1 fully saturated rings. The molecule has 0 unspecified atom stereocenters. The molecule has 4 nitrogen and oxygen atoms in total. The number of pyridine rings is 1. The van der Waals surface area contributed by atoms with Gasteiger partial charge in [-0.25, -0.2) is 9.97 Å². The van der Waals surface area contributed by atoms with E-state index < -0.39 is 0 Å². The topological polar surface area (TPSA) is 53.6 Å². The summed E-state index contributed by atoms with van der Waals surface area (Å²) in [4.78, 5) is 14.1. The van der Waals surface area contributed by atoms with E-state index in [4.69, 9.17) is 4.98 Å². The van der Waals surface area contributed by atoms with Crippen molar-refractivity contribution in [1.82, 2.24) is 20.3 Å². The number of hydrogen-bond donors (Lipinski definition) is 2. The van der Waals surface area contributed by atoms with Gasteiger partial charge >= 0.3 is 0 Å². The van der Waals surface area contributed by atoms with Crippen molar-refractivity contribution in [2.45, 2.75) is 45.4 Å². The third-order valence-electron chi connectivity index (χ3n) is 6.00. The lowest BCUT2D eigenvalue weighted by Crippen LogP contribution is -2.26. The maximum absolute atomic E-state index is 4.93. The standard InChI is InChI=1S/C23H26N4S/c1-13(2)20-17-11-16(15-6-8-24-9-7-15)4-5-18(17)26-22(20)19-10-14(3)21-23(27-19)28-12-25-21/h4-5,10-13,15,24,26H,6-9H2,1-3H3. The van der Waals surface area contributed by atoms with E-state index in [-0.39, 0.29) is 0 Å². The van der Waals surface area contributed by atoms with Gasteiger partial charge in [-0.1, -0.05) is 19.9 Å². The molecule has 1 aliphatic rings. The summed E-state index contributed by atoms with van der Waals surface area (Å²) in [5.74, 6) is 1.09. The average Bonchev–Trinajstić information content (AvgIpc) is 3.32. The van der Waals surface area contributed by atoms with Crippen LogP contribution in [-0.2, 0) is 0 Å². The van der Waals surface area contributed by atoms with E-state index in [2.05, 4.69) is 60.3 Å². The van der Waals surface area contributed by atoms with Crippen LogP contribution in [0.2, 0.25) is 0 Å². The van der Waals surface area contributed by atoms with Crippen LogP contribution in [0.1, 0.15) is 55.2 Å². The summed E-state index contributed by atoms with van der Waals surface area (Å²) >= 11 is 1.61. The number of benzene rings is 1. The van der Waals surface area contributed by atoms with Gasteiger partial charge in [-0.3, -0.25) is 0 Å². The molecule has 0 aliphatic carbocycles. The van der Waals surface area contributed by atoms with E-state index in [0.29, 0.717) is 11.8 Å². The molecule has 0 atom stereocenters. The predicted molar refractivity (Wildman–Crippen MR) is 118 cm³/mol. The zero-order valence-corrected chi connectivity index (χ0v) is 17.5. The Morgan fingerprint density at radius 2 is 1.96 bits per heavy atom. The third-order valence-corrected chi connectivity index (χ3v) is 6.72. The van der Waals surface area contributed by atoms with Crippen LogP contribution in [-0.4, -0.2) is 28.0 Å². The Labute approximate surface area is 169 Å². The second-order valence-corrected chi connectivity index (χ2v) is 9.06. The normalized spacial score (nSPS) is 15.9. The van der Waals surface area contributed by atoms with Gasteiger partial charge in [0.05, 0.1) is 16.9 Å². The Bertz CT molecular complexity index is 1150. The summed E-state index contributed by atoms with van der Waals surface area (Å²) in [6, 6.07) is 9.18. The number of thiazole rings is 1. The van der Waals surface area contributed by atoms with E-state index >= 15 is 0 Å². The molecule has 0 amide bonds. The minimum atomic E-state index is 0.422. The summed E-state index contributed by atoms with van der Waals surface area (Å²) in [5, 5.41) is 4.83. The van der Waals surface area contributed by atoms with Crippen LogP contribution in [0, 0.1) is 6.92 Å². The summed E-state index contributed by atoms with van der Waals surface area (Å²) in [5.41, 5.74) is 10.3. The SMILES string of the molecule is Cc1cc(-c2[nH]c3ccc(C4CCNCC4)cc3c2C(C)C)nc2scnc12. The minimum Gasteiger partial charge on any atom is -0.353 e. The van der Waals surface area contributed by atoms with Crippen LogP contribution in [0.25, 0.3) is 32.6 Å². The Balaban J connectivity index is 1.68. The number of nitrogens with zero attached hydrogens (tertiary/aromatic N) is 2. The Hall–Kier alpha value is -2.24. The predicted octanol–water partition coefficient (Wildman–Crippen LogP) is 5.74. The maximum atomic E-state index is 4.93. The summed E-state index contributed by atoms with van der Waals surface area (Å²) < 4.78 is 0. The number of H-pyrrole nitrogens is 1. The first-order chi connectivity index (χ1) is 13.6. The van der Waals surface area contributed by atoms with Gasteiger partial charge in [-0.05, 0) is 79.6 Å². The van der Waals surface area contributed by atoms with E-state index in [1.165, 1.54) is 40.4 Å². The molecule has 0 bridgehead atoms. The number of nitrogens with one attached hydrogen (secondary N) is 2. The number of aryl methyl sites for hydroxylation is 1. The molecule has 5 heteroatoms. The quantitative estimate of drug-likeness (QED) is 0.469. The molecule has 28 heavy (non-hydrogen) atoms. The smallest absolute Gasteiger partial charge is 0.144 e. The molecule has 5 rings (SSSR count). The summed E-state index contributed by atoms with van der Waals surface area (Å²) in [7, 11) is 0. The lowest BCUT2D eigenvalue weighted by molar-refractivity contribution is 0.460. The number of hydrogen-bond acceptors (Lipinski definition) is 4. The molecule has 1 aromatic carbocycles. The van der Waals surface area contributed by atoms with Crippen LogP contribution in [0.15, 0.2) is 29.8 Å². The Morgan fingerprint density at radius 1 is 1.14 bits per heavy atom. The van der Waals surface area contributed by atoms with Crippen molar-refractivity contribution in [3.63, 3.8) is 0 Å². The first-order valence-corrected chi connectivity index (χ1v) is 11.1. The molecule has 1 aliphatic heterocycles. The number of fused-ring (bicyclic) bond motifs is 2. The van der Waals surface area contributed by atoms with Crippen molar-refractivity contribution in [1.29, 1.82) is 0 Å². The zero-order valence-electron chi connectivity index (χ0n) is 16.7. The van der Waals surface area contributed by atoms with Gasteiger partial charge in [0.1, 0.15) is 10.3 Å². The van der Waals surface area contributed by atoms with Gasteiger partial charge < -0.3 is 10.3 Å². The largest absolute Gasteiger partial charge is 0.353 e. The molecule has 144 valence electrons. The van der Waals surface area contributed by atoms with Gasteiger partial charge in [-0.2, -0.15) is 0 Å². The summed E-state index contributed by atoms with van der Waals surface area (Å²) in [6.07, 6.45) is 2.45. The molecule has 4 heterocycles. The number of aromatic amines is 1. The number of piperidine rings is 1. The van der Waals surface area contributed by atoms with E-state index in [0.717, 1.165) is 34.8 Å². The second-order valence-electron chi connectivity index (χ2n) is 8.23. The third kappa shape index (κ3) is 2.93. The fourth-order valence-electron chi connectivity index (χ4n) is 4.57. The van der Waals surface area contributed by atoms with Crippen molar-refractivity contribution in [3.8, 4) is 11.4 Å². The highest BCUT2D eigenvalue weighted by Gasteiger charge is 2.21. The molecular formula is C23H26N4S. The highest BCUT2D eigenvalue weighted by molar-refractivity contribution is 7.16. The van der Waals surface area contributed by atoms with Crippen LogP contribution in [0.3, 0.4) is 0 Å². The van der Waals surface area contributed by atoms with E-state index in [9.17, 15) is 0 Å². The fraction of sp³-hybridized carbons (Fsp3) is 0.391. The molecule has 3 aromatic heterocycles. The average molecular weight is 391 g/mol. The zero-order chi connectivity index (χ0) is 19.3. The Morgan fingerprint density at radius 3 is 2.75 bits per heavy atom. The summed E-state index contributed by atoms with van der Waals surface area (Å²) in [6.45, 7) is 8.93. The van der Waals surface area contributed by atoms with Crippen molar-refractivity contribution >= 4 is 32.6 Å². The second kappa shape index (κ2) is 6.98. The van der Waals surface area contributed by atoms with E-state index in [1.54, 1.807) is 11.3 Å². The van der Waals surface area contributed by atoms with Crippen molar-refractivity contribution in [2.75, 3.05) is 13.1 Å². The highest BCUT2D eigenvalue weighted by Crippen LogP contribution is 2.38.